The molecule has 0 aliphatic heterocycles. The molecule has 0 atom stereocenters. The zero-order valence-corrected chi connectivity index (χ0v) is 18.8. The SMILES string of the molecule is O=C(N=Nc1c(O)[nH]c2ccc(I)cc12)/C(=C/c1ccccc1)NC(=O)c1ccccc1. The lowest BCUT2D eigenvalue weighted by Gasteiger charge is -2.07. The number of hydrogen-bond donors (Lipinski definition) is 3. The van der Waals surface area contributed by atoms with Gasteiger partial charge in [0.25, 0.3) is 5.91 Å². The molecule has 0 aliphatic carbocycles. The highest BCUT2D eigenvalue weighted by Crippen LogP contribution is 2.36. The van der Waals surface area contributed by atoms with Gasteiger partial charge < -0.3 is 15.4 Å². The predicted molar refractivity (Wildman–Crippen MR) is 131 cm³/mol. The molecule has 2 amide bonds. The summed E-state index contributed by atoms with van der Waals surface area (Å²) in [5, 5.41) is 21.2. The molecule has 0 radical (unpaired) electrons. The molecule has 0 unspecified atom stereocenters. The number of halogens is 1. The van der Waals surface area contributed by atoms with E-state index in [1.54, 1.807) is 48.5 Å². The van der Waals surface area contributed by atoms with Crippen molar-refractivity contribution in [3.63, 3.8) is 0 Å². The van der Waals surface area contributed by atoms with Crippen LogP contribution in [0.3, 0.4) is 0 Å². The number of nitrogens with zero attached hydrogens (tertiary/aromatic N) is 2. The van der Waals surface area contributed by atoms with E-state index in [1.807, 2.05) is 30.3 Å². The summed E-state index contributed by atoms with van der Waals surface area (Å²) in [7, 11) is 0. The van der Waals surface area contributed by atoms with E-state index in [0.29, 0.717) is 22.0 Å². The third-order valence-electron chi connectivity index (χ3n) is 4.58. The number of azo groups is 1. The molecule has 1 aromatic heterocycles. The Morgan fingerprint density at radius 2 is 1.66 bits per heavy atom. The third kappa shape index (κ3) is 4.92. The lowest BCUT2D eigenvalue weighted by molar-refractivity contribution is -0.115. The van der Waals surface area contributed by atoms with Crippen LogP contribution in [0.15, 0.2) is 94.8 Å². The first-order valence-corrected chi connectivity index (χ1v) is 10.7. The molecule has 158 valence electrons. The van der Waals surface area contributed by atoms with Crippen molar-refractivity contribution < 1.29 is 14.7 Å². The maximum absolute atomic E-state index is 12.9. The molecule has 0 fully saturated rings. The maximum atomic E-state index is 12.9. The summed E-state index contributed by atoms with van der Waals surface area (Å²) in [6.07, 6.45) is 1.53. The summed E-state index contributed by atoms with van der Waals surface area (Å²) in [5.74, 6) is -1.39. The topological polar surface area (TPSA) is 107 Å². The Morgan fingerprint density at radius 1 is 0.969 bits per heavy atom. The van der Waals surface area contributed by atoms with Gasteiger partial charge in [-0.2, -0.15) is 0 Å². The minimum Gasteiger partial charge on any atom is -0.493 e. The molecule has 1 heterocycles. The molecule has 4 rings (SSSR count). The number of carbonyl (C=O) groups excluding carboxylic acids is 2. The Labute approximate surface area is 197 Å². The van der Waals surface area contributed by atoms with Crippen LogP contribution in [0.1, 0.15) is 15.9 Å². The fourth-order valence-electron chi connectivity index (χ4n) is 3.04. The van der Waals surface area contributed by atoms with Crippen molar-refractivity contribution in [2.75, 3.05) is 0 Å². The highest BCUT2D eigenvalue weighted by atomic mass is 127. The number of rotatable bonds is 5. The van der Waals surface area contributed by atoms with Gasteiger partial charge in [0.2, 0.25) is 5.88 Å². The average Bonchev–Trinajstić information content (AvgIpc) is 3.12. The molecule has 8 heteroatoms. The number of amides is 2. The van der Waals surface area contributed by atoms with Crippen molar-refractivity contribution in [2.45, 2.75) is 0 Å². The van der Waals surface area contributed by atoms with Crippen LogP contribution in [-0.4, -0.2) is 21.9 Å². The fraction of sp³-hybridized carbons (Fsp3) is 0. The minimum absolute atomic E-state index is 0.0392. The van der Waals surface area contributed by atoms with Crippen LogP contribution in [-0.2, 0) is 4.79 Å². The van der Waals surface area contributed by atoms with Gasteiger partial charge in [0.1, 0.15) is 5.70 Å². The van der Waals surface area contributed by atoms with E-state index in [2.05, 4.69) is 43.1 Å². The number of hydrogen-bond acceptors (Lipinski definition) is 4. The number of aromatic hydroxyl groups is 1. The zero-order valence-electron chi connectivity index (χ0n) is 16.6. The van der Waals surface area contributed by atoms with Gasteiger partial charge in [0, 0.05) is 14.5 Å². The number of aromatic amines is 1. The van der Waals surface area contributed by atoms with Crippen LogP contribution >= 0.6 is 22.6 Å². The third-order valence-corrected chi connectivity index (χ3v) is 5.25. The molecule has 0 aliphatic rings. The molecule has 32 heavy (non-hydrogen) atoms. The monoisotopic (exact) mass is 536 g/mol. The van der Waals surface area contributed by atoms with Crippen molar-refractivity contribution in [3.05, 3.63) is 99.3 Å². The number of aromatic nitrogens is 1. The predicted octanol–water partition coefficient (Wildman–Crippen LogP) is 5.56. The Morgan fingerprint density at radius 3 is 2.38 bits per heavy atom. The van der Waals surface area contributed by atoms with Gasteiger partial charge in [-0.15, -0.1) is 10.2 Å². The lowest BCUT2D eigenvalue weighted by atomic mass is 10.1. The molecular formula is C24H17IN4O3. The normalized spacial score (nSPS) is 11.7. The number of benzene rings is 3. The van der Waals surface area contributed by atoms with Gasteiger partial charge in [-0.05, 0) is 64.6 Å². The van der Waals surface area contributed by atoms with E-state index in [1.165, 1.54) is 6.08 Å². The van der Waals surface area contributed by atoms with Crippen molar-refractivity contribution in [1.82, 2.24) is 10.3 Å². The van der Waals surface area contributed by atoms with Gasteiger partial charge in [0.15, 0.2) is 5.69 Å². The molecular weight excluding hydrogens is 519 g/mol. The van der Waals surface area contributed by atoms with Crippen molar-refractivity contribution >= 4 is 57.1 Å². The van der Waals surface area contributed by atoms with Crippen molar-refractivity contribution in [2.24, 2.45) is 10.2 Å². The van der Waals surface area contributed by atoms with E-state index >= 15 is 0 Å². The molecule has 7 nitrogen and oxygen atoms in total. The molecule has 3 N–H and O–H groups in total. The highest BCUT2D eigenvalue weighted by molar-refractivity contribution is 14.1. The molecule has 3 aromatic carbocycles. The van der Waals surface area contributed by atoms with Crippen molar-refractivity contribution in [3.8, 4) is 5.88 Å². The standard InChI is InChI=1S/C24H17IN4O3/c25-17-11-12-19-18(14-17)21(24(32)26-19)28-29-23(31)20(13-15-7-3-1-4-8-15)27-22(30)16-9-5-2-6-10-16/h1-14,26,32H,(H,27,30)/b20-13-,29-28?. The first-order chi connectivity index (χ1) is 15.5. The summed E-state index contributed by atoms with van der Waals surface area (Å²) >= 11 is 2.15. The Hall–Kier alpha value is -3.79. The van der Waals surface area contributed by atoms with Crippen LogP contribution in [0, 0.1) is 3.57 Å². The van der Waals surface area contributed by atoms with E-state index < -0.39 is 11.8 Å². The molecule has 4 aromatic rings. The van der Waals surface area contributed by atoms with E-state index in [9.17, 15) is 14.7 Å². The molecule has 0 bridgehead atoms. The van der Waals surface area contributed by atoms with Crippen LogP contribution in [0.4, 0.5) is 5.69 Å². The van der Waals surface area contributed by atoms with Gasteiger partial charge in [0.05, 0.1) is 5.52 Å². The van der Waals surface area contributed by atoms with Crippen LogP contribution < -0.4 is 5.32 Å². The smallest absolute Gasteiger partial charge is 0.311 e. The highest BCUT2D eigenvalue weighted by Gasteiger charge is 2.16. The second-order valence-electron chi connectivity index (χ2n) is 6.81. The second kappa shape index (κ2) is 9.56. The minimum atomic E-state index is -0.752. The van der Waals surface area contributed by atoms with E-state index in [-0.39, 0.29) is 17.3 Å². The van der Waals surface area contributed by atoms with E-state index in [4.69, 9.17) is 0 Å². The molecule has 0 spiro atoms. The quantitative estimate of drug-likeness (QED) is 0.177. The Kier molecular flexibility index (Phi) is 6.41. The largest absolute Gasteiger partial charge is 0.493 e. The Bertz CT molecular complexity index is 1350. The van der Waals surface area contributed by atoms with Gasteiger partial charge in [-0.1, -0.05) is 48.5 Å². The number of carbonyl (C=O) groups is 2. The fourth-order valence-corrected chi connectivity index (χ4v) is 3.53. The summed E-state index contributed by atoms with van der Waals surface area (Å²) in [5.41, 5.74) is 1.90. The lowest BCUT2D eigenvalue weighted by Crippen LogP contribution is -2.26. The maximum Gasteiger partial charge on any atom is 0.311 e. The first-order valence-electron chi connectivity index (χ1n) is 9.60. The van der Waals surface area contributed by atoms with Gasteiger partial charge in [-0.25, -0.2) is 0 Å². The van der Waals surface area contributed by atoms with Crippen molar-refractivity contribution in [1.29, 1.82) is 0 Å². The molecule has 0 saturated carbocycles. The Balaban J connectivity index is 1.66. The summed E-state index contributed by atoms with van der Waals surface area (Å²) in [4.78, 5) is 28.3. The van der Waals surface area contributed by atoms with E-state index in [0.717, 1.165) is 3.57 Å². The number of H-pyrrole nitrogens is 1. The summed E-state index contributed by atoms with van der Waals surface area (Å²) in [6.45, 7) is 0. The second-order valence-corrected chi connectivity index (χ2v) is 8.05. The van der Waals surface area contributed by atoms with Crippen LogP contribution in [0.2, 0.25) is 0 Å². The van der Waals surface area contributed by atoms with Gasteiger partial charge in [-0.3, -0.25) is 9.59 Å². The van der Waals surface area contributed by atoms with Gasteiger partial charge >= 0.3 is 5.91 Å². The first kappa shape index (κ1) is 21.4. The molecule has 0 saturated heterocycles. The average molecular weight is 536 g/mol. The number of nitrogens with one attached hydrogen (secondary N) is 2. The van der Waals surface area contributed by atoms with Crippen LogP contribution in [0.5, 0.6) is 5.88 Å². The van der Waals surface area contributed by atoms with Crippen LogP contribution in [0.25, 0.3) is 17.0 Å². The number of fused-ring (bicyclic) bond motifs is 1. The zero-order chi connectivity index (χ0) is 22.5. The summed E-state index contributed by atoms with van der Waals surface area (Å²) in [6, 6.07) is 23.1. The summed E-state index contributed by atoms with van der Waals surface area (Å²) < 4.78 is 0.941.